The standard InChI is InChI=1S/C23H30N4O12/c1-11-8-20(34)27(12(2)28)23(25-11)26-24-9-18(36-14(4)30)21(38-16(6)32)22(39-17(7)33)19(37-15(5)31)10-35-13(3)29/h8-9,18-19,21-22H,10H2,1-7H3,(H,25,26)/b24-9+/t18-,19-,21-,22-/m1/s1. The van der Waals surface area contributed by atoms with E-state index < -0.39 is 72.3 Å². The summed E-state index contributed by atoms with van der Waals surface area (Å²) in [5.41, 5.74) is 1.95. The molecule has 0 saturated heterocycles. The number of carbonyl (C=O) groups is 6. The van der Waals surface area contributed by atoms with Crippen LogP contribution < -0.4 is 11.0 Å². The second-order valence-corrected chi connectivity index (χ2v) is 7.98. The fourth-order valence-corrected chi connectivity index (χ4v) is 3.19. The third kappa shape index (κ3) is 11.1. The molecule has 16 heteroatoms. The second kappa shape index (κ2) is 14.9. The lowest BCUT2D eigenvalue weighted by Gasteiger charge is -2.34. The smallest absolute Gasteiger partial charge is 0.303 e. The Bertz CT molecular complexity index is 1190. The van der Waals surface area contributed by atoms with Crippen LogP contribution in [0.1, 0.15) is 52.0 Å². The van der Waals surface area contributed by atoms with E-state index in [0.717, 1.165) is 53.8 Å². The van der Waals surface area contributed by atoms with Gasteiger partial charge in [-0.05, 0) is 6.92 Å². The Kier molecular flexibility index (Phi) is 12.4. The van der Waals surface area contributed by atoms with Crippen molar-refractivity contribution in [1.82, 2.24) is 9.55 Å². The molecule has 1 aromatic heterocycles. The average Bonchev–Trinajstić information content (AvgIpc) is 2.76. The van der Waals surface area contributed by atoms with Gasteiger partial charge in [0.25, 0.3) is 5.56 Å². The molecule has 4 atom stereocenters. The van der Waals surface area contributed by atoms with Gasteiger partial charge in [0.1, 0.15) is 6.61 Å². The van der Waals surface area contributed by atoms with Crippen molar-refractivity contribution in [2.45, 2.75) is 72.9 Å². The molecule has 39 heavy (non-hydrogen) atoms. The van der Waals surface area contributed by atoms with Crippen molar-refractivity contribution in [2.75, 3.05) is 12.0 Å². The van der Waals surface area contributed by atoms with Crippen LogP contribution in [0.25, 0.3) is 0 Å². The van der Waals surface area contributed by atoms with E-state index in [1.54, 1.807) is 0 Å². The van der Waals surface area contributed by atoms with Gasteiger partial charge in [-0.2, -0.15) is 5.10 Å². The number of aryl methyl sites for hydroxylation is 1. The SMILES string of the molecule is CC(=O)OC[C@@H](OC(C)=O)[C@@H](OC(C)=O)[C@H](OC(C)=O)[C@@H](/C=N/Nc1nc(C)cc(=O)n1C(C)=O)OC(C)=O. The largest absolute Gasteiger partial charge is 0.462 e. The van der Waals surface area contributed by atoms with Crippen LogP contribution in [0.2, 0.25) is 0 Å². The van der Waals surface area contributed by atoms with Crippen LogP contribution in [0.4, 0.5) is 5.95 Å². The summed E-state index contributed by atoms with van der Waals surface area (Å²) >= 11 is 0. The molecule has 0 fully saturated rings. The number of nitrogens with zero attached hydrogens (tertiary/aromatic N) is 3. The Morgan fingerprint density at radius 3 is 1.90 bits per heavy atom. The summed E-state index contributed by atoms with van der Waals surface area (Å²) in [7, 11) is 0. The van der Waals surface area contributed by atoms with E-state index in [1.165, 1.54) is 6.92 Å². The first kappa shape index (κ1) is 32.4. The van der Waals surface area contributed by atoms with Crippen molar-refractivity contribution in [3.63, 3.8) is 0 Å². The van der Waals surface area contributed by atoms with E-state index in [9.17, 15) is 33.6 Å². The van der Waals surface area contributed by atoms with E-state index in [0.29, 0.717) is 4.57 Å². The Balaban J connectivity index is 3.59. The van der Waals surface area contributed by atoms with Crippen molar-refractivity contribution in [3.8, 4) is 0 Å². The van der Waals surface area contributed by atoms with E-state index in [2.05, 4.69) is 15.5 Å². The Labute approximate surface area is 222 Å². The van der Waals surface area contributed by atoms with Crippen LogP contribution in [0.15, 0.2) is 16.0 Å². The normalized spacial score (nSPS) is 13.8. The molecular weight excluding hydrogens is 524 g/mol. The summed E-state index contributed by atoms with van der Waals surface area (Å²) in [5.74, 6) is -5.30. The molecule has 0 aliphatic carbocycles. The lowest BCUT2D eigenvalue weighted by molar-refractivity contribution is -0.197. The molecular formula is C23H30N4O12. The lowest BCUT2D eigenvalue weighted by Crippen LogP contribution is -2.53. The molecule has 1 aromatic rings. The van der Waals surface area contributed by atoms with Gasteiger partial charge in [0.05, 0.1) is 6.21 Å². The van der Waals surface area contributed by atoms with Crippen LogP contribution in [-0.2, 0) is 47.7 Å². The van der Waals surface area contributed by atoms with E-state index in [1.807, 2.05) is 0 Å². The molecule has 0 bridgehead atoms. The first-order valence-electron chi connectivity index (χ1n) is 11.3. The summed E-state index contributed by atoms with van der Waals surface area (Å²) < 4.78 is 26.5. The number of hydrogen-bond acceptors (Lipinski definition) is 15. The highest BCUT2D eigenvalue weighted by molar-refractivity contribution is 5.79. The second-order valence-electron chi connectivity index (χ2n) is 7.98. The third-order valence-electron chi connectivity index (χ3n) is 4.44. The van der Waals surface area contributed by atoms with E-state index in [-0.39, 0.29) is 11.6 Å². The molecule has 0 aliphatic heterocycles. The molecule has 16 nitrogen and oxygen atoms in total. The van der Waals surface area contributed by atoms with Crippen LogP contribution in [0.5, 0.6) is 0 Å². The summed E-state index contributed by atoms with van der Waals surface area (Å²) in [5, 5.41) is 3.85. The molecule has 1 N–H and O–H groups in total. The van der Waals surface area contributed by atoms with Gasteiger partial charge in [-0.3, -0.25) is 33.6 Å². The van der Waals surface area contributed by atoms with Gasteiger partial charge >= 0.3 is 29.8 Å². The molecule has 0 unspecified atom stereocenters. The summed E-state index contributed by atoms with van der Waals surface area (Å²) in [6, 6.07) is 1.12. The van der Waals surface area contributed by atoms with Gasteiger partial charge in [-0.15, -0.1) is 0 Å². The molecule has 1 heterocycles. The Hall–Kier alpha value is -4.63. The fraction of sp³-hybridized carbons (Fsp3) is 0.522. The Morgan fingerprint density at radius 1 is 0.872 bits per heavy atom. The highest BCUT2D eigenvalue weighted by atomic mass is 16.6. The van der Waals surface area contributed by atoms with Gasteiger partial charge in [0, 0.05) is 53.3 Å². The molecule has 0 radical (unpaired) electrons. The highest BCUT2D eigenvalue weighted by Crippen LogP contribution is 2.20. The molecule has 214 valence electrons. The number of nitrogens with one attached hydrogen (secondary N) is 1. The number of rotatable bonds is 12. The van der Waals surface area contributed by atoms with Crippen LogP contribution in [0, 0.1) is 6.92 Å². The van der Waals surface area contributed by atoms with E-state index in [4.69, 9.17) is 23.7 Å². The summed E-state index contributed by atoms with van der Waals surface area (Å²) in [6.07, 6.45) is -5.58. The zero-order chi connectivity index (χ0) is 29.9. The zero-order valence-corrected chi connectivity index (χ0v) is 22.4. The van der Waals surface area contributed by atoms with E-state index >= 15 is 0 Å². The molecule has 0 saturated carbocycles. The van der Waals surface area contributed by atoms with Crippen LogP contribution in [-0.4, -0.2) is 82.5 Å². The number of aromatic nitrogens is 2. The number of carbonyl (C=O) groups excluding carboxylic acids is 6. The minimum absolute atomic E-state index is 0.258. The monoisotopic (exact) mass is 554 g/mol. The van der Waals surface area contributed by atoms with Crippen molar-refractivity contribution in [2.24, 2.45) is 5.10 Å². The number of hydrazone groups is 1. The van der Waals surface area contributed by atoms with Crippen LogP contribution in [0.3, 0.4) is 0 Å². The van der Waals surface area contributed by atoms with Crippen molar-refractivity contribution in [3.05, 3.63) is 22.1 Å². The maximum absolute atomic E-state index is 12.2. The van der Waals surface area contributed by atoms with Crippen molar-refractivity contribution in [1.29, 1.82) is 0 Å². The molecule has 0 aromatic carbocycles. The fourth-order valence-electron chi connectivity index (χ4n) is 3.19. The first-order chi connectivity index (χ1) is 18.1. The number of esters is 5. The summed E-state index contributed by atoms with van der Waals surface area (Å²) in [6.45, 7) is 7.15. The summed E-state index contributed by atoms with van der Waals surface area (Å²) in [4.78, 5) is 87.1. The van der Waals surface area contributed by atoms with Crippen LogP contribution >= 0.6 is 0 Å². The Morgan fingerprint density at radius 2 is 1.41 bits per heavy atom. The minimum atomic E-state index is -1.69. The van der Waals surface area contributed by atoms with Gasteiger partial charge < -0.3 is 23.7 Å². The van der Waals surface area contributed by atoms with Gasteiger partial charge in [0.2, 0.25) is 11.9 Å². The van der Waals surface area contributed by atoms with Gasteiger partial charge in [0.15, 0.2) is 24.4 Å². The number of anilines is 1. The first-order valence-corrected chi connectivity index (χ1v) is 11.3. The highest BCUT2D eigenvalue weighted by Gasteiger charge is 2.43. The predicted octanol–water partition coefficient (Wildman–Crippen LogP) is -0.101. The molecule has 1 rings (SSSR count). The average molecular weight is 555 g/mol. The topological polar surface area (TPSA) is 208 Å². The maximum Gasteiger partial charge on any atom is 0.303 e. The lowest BCUT2D eigenvalue weighted by atomic mass is 10.0. The maximum atomic E-state index is 12.2. The van der Waals surface area contributed by atoms with Crippen molar-refractivity contribution >= 4 is 47.9 Å². The van der Waals surface area contributed by atoms with Crippen molar-refractivity contribution < 1.29 is 52.5 Å². The molecule has 0 spiro atoms. The zero-order valence-electron chi connectivity index (χ0n) is 22.4. The molecule has 0 aliphatic rings. The number of ether oxygens (including phenoxy) is 5. The molecule has 0 amide bonds. The quantitative estimate of drug-likeness (QED) is 0.155. The minimum Gasteiger partial charge on any atom is -0.462 e. The van der Waals surface area contributed by atoms with Gasteiger partial charge in [-0.25, -0.2) is 15.0 Å². The predicted molar refractivity (Wildman–Crippen MR) is 130 cm³/mol. The third-order valence-corrected chi connectivity index (χ3v) is 4.44. The number of hydrogen-bond donors (Lipinski definition) is 1. The van der Waals surface area contributed by atoms with Gasteiger partial charge in [-0.1, -0.05) is 0 Å².